The van der Waals surface area contributed by atoms with E-state index in [0.717, 1.165) is 17.0 Å². The zero-order valence-corrected chi connectivity index (χ0v) is 19.4. The van der Waals surface area contributed by atoms with E-state index in [1.807, 2.05) is 52.0 Å². The van der Waals surface area contributed by atoms with Crippen LogP contribution in [0.4, 0.5) is 5.95 Å². The maximum Gasteiger partial charge on any atom is 0.270 e. The third-order valence-electron chi connectivity index (χ3n) is 5.41. The van der Waals surface area contributed by atoms with E-state index < -0.39 is 0 Å². The number of fused-ring (bicyclic) bond motifs is 2. The first kappa shape index (κ1) is 21.6. The Morgan fingerprint density at radius 1 is 1.00 bits per heavy atom. The van der Waals surface area contributed by atoms with Crippen molar-refractivity contribution in [1.82, 2.24) is 30.2 Å². The standard InChI is InChI=1S/C24H25N7O3/c1-13(2)31-22-18(12-25-31)17(23(32)29-30-24-26-14(3)9-15(4)27-24)11-19(28-22)16-5-6-20-21(10-16)34-8-7-33-20/h5-6,9-13H,7-8H2,1-4H3,(H,29,32)(H,26,27,30). The van der Waals surface area contributed by atoms with Gasteiger partial charge in [-0.05, 0) is 58.0 Å². The third-order valence-corrected chi connectivity index (χ3v) is 5.41. The molecule has 10 heteroatoms. The molecule has 0 saturated carbocycles. The molecule has 1 aromatic carbocycles. The van der Waals surface area contributed by atoms with Crippen LogP contribution in [0, 0.1) is 13.8 Å². The van der Waals surface area contributed by atoms with Crippen LogP contribution >= 0.6 is 0 Å². The Bertz CT molecular complexity index is 1380. The number of aromatic nitrogens is 5. The van der Waals surface area contributed by atoms with Gasteiger partial charge in [-0.15, -0.1) is 0 Å². The normalized spacial score (nSPS) is 12.7. The Hall–Kier alpha value is -4.21. The second-order valence-corrected chi connectivity index (χ2v) is 8.39. The molecule has 1 amide bonds. The van der Waals surface area contributed by atoms with Crippen molar-refractivity contribution < 1.29 is 14.3 Å². The highest BCUT2D eigenvalue weighted by molar-refractivity contribution is 6.06. The summed E-state index contributed by atoms with van der Waals surface area (Å²) in [6.07, 6.45) is 1.66. The minimum Gasteiger partial charge on any atom is -0.486 e. The molecule has 4 aromatic rings. The van der Waals surface area contributed by atoms with Crippen molar-refractivity contribution in [2.45, 2.75) is 33.7 Å². The minimum absolute atomic E-state index is 0.0678. The average Bonchev–Trinajstić information content (AvgIpc) is 3.25. The third kappa shape index (κ3) is 4.09. The molecule has 1 aliphatic heterocycles. The molecule has 0 bridgehead atoms. The number of ether oxygens (including phenoxy) is 2. The van der Waals surface area contributed by atoms with Crippen molar-refractivity contribution in [3.8, 4) is 22.8 Å². The molecule has 1 aliphatic rings. The fourth-order valence-corrected chi connectivity index (χ4v) is 3.90. The number of anilines is 1. The molecule has 0 radical (unpaired) electrons. The number of carbonyl (C=O) groups excluding carboxylic acids is 1. The second kappa shape index (κ2) is 8.62. The first-order chi connectivity index (χ1) is 16.4. The summed E-state index contributed by atoms with van der Waals surface area (Å²) in [6.45, 7) is 8.78. The van der Waals surface area contributed by atoms with Crippen LogP contribution in [0.15, 0.2) is 36.5 Å². The Kier molecular flexibility index (Phi) is 5.48. The number of pyridine rings is 1. The Balaban J connectivity index is 1.54. The summed E-state index contributed by atoms with van der Waals surface area (Å²) in [5, 5.41) is 5.12. The number of hydrazine groups is 1. The number of amides is 1. The highest BCUT2D eigenvalue weighted by atomic mass is 16.6. The Labute approximate surface area is 196 Å². The number of carbonyl (C=O) groups is 1. The van der Waals surface area contributed by atoms with Crippen LogP contribution in [0.5, 0.6) is 11.5 Å². The summed E-state index contributed by atoms with van der Waals surface area (Å²) in [6, 6.07) is 9.31. The first-order valence-corrected chi connectivity index (χ1v) is 11.1. The number of benzene rings is 1. The summed E-state index contributed by atoms with van der Waals surface area (Å²) < 4.78 is 13.2. The van der Waals surface area contributed by atoms with Crippen molar-refractivity contribution >= 4 is 22.9 Å². The molecule has 0 spiro atoms. The highest BCUT2D eigenvalue weighted by Crippen LogP contribution is 2.35. The lowest BCUT2D eigenvalue weighted by Gasteiger charge is -2.19. The van der Waals surface area contributed by atoms with E-state index in [4.69, 9.17) is 14.5 Å². The van der Waals surface area contributed by atoms with Crippen molar-refractivity contribution in [2.24, 2.45) is 0 Å². The number of hydrogen-bond acceptors (Lipinski definition) is 8. The van der Waals surface area contributed by atoms with Gasteiger partial charge >= 0.3 is 0 Å². The van der Waals surface area contributed by atoms with Crippen LogP contribution < -0.4 is 20.3 Å². The van der Waals surface area contributed by atoms with Gasteiger partial charge in [-0.3, -0.25) is 15.6 Å². The molecule has 2 N–H and O–H groups in total. The Morgan fingerprint density at radius 2 is 1.74 bits per heavy atom. The molecule has 0 saturated heterocycles. The second-order valence-electron chi connectivity index (χ2n) is 8.39. The topological polar surface area (TPSA) is 116 Å². The summed E-state index contributed by atoms with van der Waals surface area (Å²) >= 11 is 0. The van der Waals surface area contributed by atoms with Crippen LogP contribution in [0.3, 0.4) is 0 Å². The lowest BCUT2D eigenvalue weighted by Crippen LogP contribution is -2.30. The lowest BCUT2D eigenvalue weighted by molar-refractivity contribution is 0.0964. The molecule has 10 nitrogen and oxygen atoms in total. The Morgan fingerprint density at radius 3 is 2.47 bits per heavy atom. The number of nitrogens with one attached hydrogen (secondary N) is 2. The predicted molar refractivity (Wildman–Crippen MR) is 127 cm³/mol. The summed E-state index contributed by atoms with van der Waals surface area (Å²) in [5.41, 5.74) is 9.60. The van der Waals surface area contributed by atoms with E-state index in [1.165, 1.54) is 0 Å². The van der Waals surface area contributed by atoms with E-state index in [9.17, 15) is 4.79 Å². The average molecular weight is 460 g/mol. The van der Waals surface area contributed by atoms with E-state index in [-0.39, 0.29) is 11.9 Å². The molecule has 4 heterocycles. The number of hydrogen-bond donors (Lipinski definition) is 2. The minimum atomic E-state index is -0.350. The molecule has 3 aromatic heterocycles. The molecular formula is C24H25N7O3. The molecule has 0 fully saturated rings. The van der Waals surface area contributed by atoms with E-state index >= 15 is 0 Å². The fourth-order valence-electron chi connectivity index (χ4n) is 3.90. The van der Waals surface area contributed by atoms with Crippen molar-refractivity contribution in [2.75, 3.05) is 18.6 Å². The number of rotatable bonds is 5. The van der Waals surface area contributed by atoms with Gasteiger partial charge in [0, 0.05) is 23.0 Å². The van der Waals surface area contributed by atoms with E-state index in [1.54, 1.807) is 16.9 Å². The lowest BCUT2D eigenvalue weighted by atomic mass is 10.1. The quantitative estimate of drug-likeness (QED) is 0.435. The van der Waals surface area contributed by atoms with Crippen LogP contribution in [0.1, 0.15) is 41.6 Å². The van der Waals surface area contributed by atoms with Gasteiger partial charge in [-0.2, -0.15) is 5.10 Å². The van der Waals surface area contributed by atoms with Crippen molar-refractivity contribution in [1.29, 1.82) is 0 Å². The molecule has 0 aliphatic carbocycles. The maximum atomic E-state index is 13.3. The molecule has 174 valence electrons. The molecule has 0 atom stereocenters. The van der Waals surface area contributed by atoms with Crippen LogP contribution in [0.25, 0.3) is 22.3 Å². The highest BCUT2D eigenvalue weighted by Gasteiger charge is 2.20. The first-order valence-electron chi connectivity index (χ1n) is 11.1. The molecule has 5 rings (SSSR count). The SMILES string of the molecule is Cc1cc(C)nc(NNC(=O)c2cc(-c3ccc4c(c3)OCCO4)nc3c2cnn3C(C)C)n1. The fraction of sp³-hybridized carbons (Fsp3) is 0.292. The van der Waals surface area contributed by atoms with E-state index in [2.05, 4.69) is 25.9 Å². The maximum absolute atomic E-state index is 13.3. The molecular weight excluding hydrogens is 434 g/mol. The van der Waals surface area contributed by atoms with Crippen LogP contribution in [-0.4, -0.2) is 43.9 Å². The summed E-state index contributed by atoms with van der Waals surface area (Å²) in [5.74, 6) is 1.32. The monoisotopic (exact) mass is 459 g/mol. The summed E-state index contributed by atoms with van der Waals surface area (Å²) in [4.78, 5) is 26.7. The van der Waals surface area contributed by atoms with Gasteiger partial charge in [0.25, 0.3) is 5.91 Å². The van der Waals surface area contributed by atoms with Crippen LogP contribution in [0.2, 0.25) is 0 Å². The van der Waals surface area contributed by atoms with Gasteiger partial charge in [0.1, 0.15) is 13.2 Å². The van der Waals surface area contributed by atoms with Gasteiger partial charge in [-0.1, -0.05) is 0 Å². The number of aryl methyl sites for hydroxylation is 2. The largest absolute Gasteiger partial charge is 0.486 e. The van der Waals surface area contributed by atoms with Gasteiger partial charge in [0.15, 0.2) is 17.1 Å². The predicted octanol–water partition coefficient (Wildman–Crippen LogP) is 3.61. The van der Waals surface area contributed by atoms with Gasteiger partial charge < -0.3 is 9.47 Å². The zero-order chi connectivity index (χ0) is 23.8. The van der Waals surface area contributed by atoms with Crippen molar-refractivity contribution in [3.05, 3.63) is 53.5 Å². The summed E-state index contributed by atoms with van der Waals surface area (Å²) in [7, 11) is 0. The van der Waals surface area contributed by atoms with Gasteiger partial charge in [0.05, 0.1) is 22.8 Å². The molecule has 34 heavy (non-hydrogen) atoms. The van der Waals surface area contributed by atoms with E-state index in [0.29, 0.717) is 53.0 Å². The molecule has 0 unspecified atom stereocenters. The van der Waals surface area contributed by atoms with Gasteiger partial charge in [0.2, 0.25) is 5.95 Å². The van der Waals surface area contributed by atoms with Crippen LogP contribution in [-0.2, 0) is 0 Å². The smallest absolute Gasteiger partial charge is 0.270 e. The van der Waals surface area contributed by atoms with Crippen molar-refractivity contribution in [3.63, 3.8) is 0 Å². The number of nitrogens with zero attached hydrogens (tertiary/aromatic N) is 5. The zero-order valence-electron chi connectivity index (χ0n) is 19.4. The van der Waals surface area contributed by atoms with Gasteiger partial charge in [-0.25, -0.2) is 19.6 Å².